The lowest BCUT2D eigenvalue weighted by Gasteiger charge is -2.03. The van der Waals surface area contributed by atoms with Gasteiger partial charge >= 0.3 is 0 Å². The number of pyridine rings is 1. The van der Waals surface area contributed by atoms with Crippen LogP contribution in [0.3, 0.4) is 0 Å². The summed E-state index contributed by atoms with van der Waals surface area (Å²) in [4.78, 5) is 18.8. The lowest BCUT2D eigenvalue weighted by Crippen LogP contribution is -2.01. The zero-order valence-corrected chi connectivity index (χ0v) is 16.8. The highest BCUT2D eigenvalue weighted by atomic mass is 79.9. The number of nitrogens with two attached hydrogens (primary N) is 1. The van der Waals surface area contributed by atoms with E-state index in [9.17, 15) is 4.79 Å². The number of ether oxygens (including phenoxy) is 1. The highest BCUT2D eigenvalue weighted by Crippen LogP contribution is 2.35. The van der Waals surface area contributed by atoms with Crippen molar-refractivity contribution >= 4 is 49.0 Å². The van der Waals surface area contributed by atoms with Gasteiger partial charge in [-0.05, 0) is 60.7 Å². The van der Waals surface area contributed by atoms with E-state index in [1.54, 1.807) is 19.2 Å². The number of hydrogen-bond acceptors (Lipinski definition) is 5. The van der Waals surface area contributed by atoms with Crippen LogP contribution in [0.25, 0.3) is 21.5 Å². The number of fused-ring (bicyclic) bond motifs is 1. The third-order valence-corrected chi connectivity index (χ3v) is 5.93. The zero-order valence-electron chi connectivity index (χ0n) is 14.4. The predicted molar refractivity (Wildman–Crippen MR) is 114 cm³/mol. The first-order valence-corrected chi connectivity index (χ1v) is 9.81. The van der Waals surface area contributed by atoms with Crippen LogP contribution in [0, 0.1) is 0 Å². The van der Waals surface area contributed by atoms with Gasteiger partial charge in [0.1, 0.15) is 15.5 Å². The molecule has 0 spiro atoms. The Morgan fingerprint density at radius 1 is 1.04 bits per heavy atom. The lowest BCUT2D eigenvalue weighted by atomic mass is 10.1. The van der Waals surface area contributed by atoms with Gasteiger partial charge in [-0.25, -0.2) is 4.98 Å². The molecule has 6 heteroatoms. The van der Waals surface area contributed by atoms with Crippen LogP contribution in [0.5, 0.6) is 5.75 Å². The molecule has 0 aliphatic heterocycles. The van der Waals surface area contributed by atoms with Crippen LogP contribution in [0.4, 0.5) is 5.69 Å². The number of methoxy groups -OCH3 is 1. The number of nitrogen functional groups attached to an aromatic ring is 1. The molecule has 0 aliphatic carbocycles. The van der Waals surface area contributed by atoms with Crippen LogP contribution < -0.4 is 10.5 Å². The van der Waals surface area contributed by atoms with E-state index in [1.807, 2.05) is 48.5 Å². The van der Waals surface area contributed by atoms with E-state index in [2.05, 4.69) is 15.9 Å². The van der Waals surface area contributed by atoms with Gasteiger partial charge < -0.3 is 10.5 Å². The van der Waals surface area contributed by atoms with Crippen molar-refractivity contribution in [2.75, 3.05) is 12.8 Å². The molecule has 0 saturated carbocycles. The highest BCUT2D eigenvalue weighted by Gasteiger charge is 2.19. The van der Waals surface area contributed by atoms with Gasteiger partial charge in [0.25, 0.3) is 0 Å². The zero-order chi connectivity index (χ0) is 19.0. The number of thiophene rings is 1. The number of carbonyl (C=O) groups is 1. The van der Waals surface area contributed by atoms with Crippen LogP contribution >= 0.6 is 27.3 Å². The largest absolute Gasteiger partial charge is 0.497 e. The molecule has 4 nitrogen and oxygen atoms in total. The Morgan fingerprint density at radius 2 is 1.74 bits per heavy atom. The third-order valence-electron chi connectivity index (χ3n) is 4.29. The molecular weight excluding hydrogens is 424 g/mol. The van der Waals surface area contributed by atoms with E-state index in [-0.39, 0.29) is 5.78 Å². The van der Waals surface area contributed by atoms with E-state index in [1.165, 1.54) is 11.3 Å². The van der Waals surface area contributed by atoms with Gasteiger partial charge in [0.15, 0.2) is 0 Å². The van der Waals surface area contributed by atoms with Crippen molar-refractivity contribution in [2.24, 2.45) is 0 Å². The molecule has 0 saturated heterocycles. The Bertz CT molecular complexity index is 1140. The van der Waals surface area contributed by atoms with Crippen molar-refractivity contribution in [3.8, 4) is 17.0 Å². The van der Waals surface area contributed by atoms with Crippen molar-refractivity contribution in [1.82, 2.24) is 4.98 Å². The number of rotatable bonds is 4. The molecule has 2 heterocycles. The van der Waals surface area contributed by atoms with Gasteiger partial charge in [0.2, 0.25) is 5.78 Å². The molecule has 2 aromatic heterocycles. The second-order valence-corrected chi connectivity index (χ2v) is 7.87. The summed E-state index contributed by atoms with van der Waals surface area (Å²) < 4.78 is 6.12. The third kappa shape index (κ3) is 3.34. The topological polar surface area (TPSA) is 65.2 Å². The monoisotopic (exact) mass is 438 g/mol. The van der Waals surface area contributed by atoms with Gasteiger partial charge in [0.05, 0.1) is 18.5 Å². The summed E-state index contributed by atoms with van der Waals surface area (Å²) in [7, 11) is 1.64. The summed E-state index contributed by atoms with van der Waals surface area (Å²) in [5.41, 5.74) is 9.15. The van der Waals surface area contributed by atoms with Gasteiger partial charge in [-0.2, -0.15) is 0 Å². The summed E-state index contributed by atoms with van der Waals surface area (Å²) >= 11 is 4.71. The smallest absolute Gasteiger partial charge is 0.205 e. The Kier molecular flexibility index (Phi) is 4.68. The average Bonchev–Trinajstić information content (AvgIpc) is 3.04. The number of halogens is 1. The standard InChI is InChI=1S/C21H15BrN2O2S/c1-26-15-8-4-12(5-9-15)17-11-10-16-18(23)20(27-21(16)24-17)19(25)13-2-6-14(22)7-3-13/h2-11H,23H2,1H3. The normalized spacial score (nSPS) is 10.9. The van der Waals surface area contributed by atoms with Gasteiger partial charge in [-0.15, -0.1) is 11.3 Å². The molecule has 0 aliphatic rings. The Labute approximate surface area is 168 Å². The highest BCUT2D eigenvalue weighted by molar-refractivity contribution is 9.10. The number of nitrogens with zero attached hydrogens (tertiary/aromatic N) is 1. The second kappa shape index (κ2) is 7.13. The SMILES string of the molecule is COc1ccc(-c2ccc3c(N)c(C(=O)c4ccc(Br)cc4)sc3n2)cc1. The molecule has 2 aromatic carbocycles. The molecule has 0 bridgehead atoms. The van der Waals surface area contributed by atoms with Crippen LogP contribution in [0.1, 0.15) is 15.2 Å². The fourth-order valence-electron chi connectivity index (χ4n) is 2.82. The van der Waals surface area contributed by atoms with Gasteiger partial charge in [-0.1, -0.05) is 15.9 Å². The predicted octanol–water partition coefficient (Wildman–Crippen LogP) is 5.55. The second-order valence-electron chi connectivity index (χ2n) is 5.96. The van der Waals surface area contributed by atoms with Crippen molar-refractivity contribution in [3.63, 3.8) is 0 Å². The summed E-state index contributed by atoms with van der Waals surface area (Å²) in [6, 6.07) is 18.8. The number of carbonyl (C=O) groups excluding carboxylic acids is 1. The Balaban J connectivity index is 1.74. The molecule has 0 atom stereocenters. The number of hydrogen-bond donors (Lipinski definition) is 1. The minimum atomic E-state index is -0.0889. The number of aromatic nitrogens is 1. The number of ketones is 1. The maximum atomic E-state index is 12.8. The van der Waals surface area contributed by atoms with Crippen molar-refractivity contribution in [3.05, 3.63) is 75.6 Å². The van der Waals surface area contributed by atoms with E-state index in [0.717, 1.165) is 31.7 Å². The summed E-state index contributed by atoms with van der Waals surface area (Å²) in [5.74, 6) is 0.705. The van der Waals surface area contributed by atoms with Crippen LogP contribution in [0.15, 0.2) is 65.1 Å². The maximum absolute atomic E-state index is 12.8. The minimum Gasteiger partial charge on any atom is -0.497 e. The molecule has 0 radical (unpaired) electrons. The summed E-state index contributed by atoms with van der Waals surface area (Å²) in [6.07, 6.45) is 0. The molecular formula is C21H15BrN2O2S. The molecule has 0 amide bonds. The van der Waals surface area contributed by atoms with Gasteiger partial charge in [0, 0.05) is 21.0 Å². The van der Waals surface area contributed by atoms with Crippen LogP contribution in [-0.4, -0.2) is 17.9 Å². The van der Waals surface area contributed by atoms with Crippen molar-refractivity contribution in [2.45, 2.75) is 0 Å². The van der Waals surface area contributed by atoms with E-state index >= 15 is 0 Å². The first-order valence-electron chi connectivity index (χ1n) is 8.20. The number of anilines is 1. The Morgan fingerprint density at radius 3 is 2.41 bits per heavy atom. The first kappa shape index (κ1) is 17.7. The lowest BCUT2D eigenvalue weighted by molar-refractivity contribution is 0.104. The molecule has 27 heavy (non-hydrogen) atoms. The van der Waals surface area contributed by atoms with E-state index in [0.29, 0.717) is 16.1 Å². The molecule has 4 aromatic rings. The van der Waals surface area contributed by atoms with E-state index in [4.69, 9.17) is 15.5 Å². The molecule has 4 rings (SSSR count). The van der Waals surface area contributed by atoms with Crippen LogP contribution in [0.2, 0.25) is 0 Å². The average molecular weight is 439 g/mol. The molecule has 2 N–H and O–H groups in total. The fourth-order valence-corrected chi connectivity index (χ4v) is 4.14. The molecule has 134 valence electrons. The first-order chi connectivity index (χ1) is 13.1. The van der Waals surface area contributed by atoms with E-state index < -0.39 is 0 Å². The summed E-state index contributed by atoms with van der Waals surface area (Å²) in [5, 5.41) is 0.803. The van der Waals surface area contributed by atoms with Crippen molar-refractivity contribution < 1.29 is 9.53 Å². The van der Waals surface area contributed by atoms with Gasteiger partial charge in [-0.3, -0.25) is 4.79 Å². The molecule has 0 unspecified atom stereocenters. The minimum absolute atomic E-state index is 0.0889. The fraction of sp³-hybridized carbons (Fsp3) is 0.0476. The maximum Gasteiger partial charge on any atom is 0.205 e. The Hall–Kier alpha value is -2.70. The number of benzene rings is 2. The van der Waals surface area contributed by atoms with Crippen molar-refractivity contribution in [1.29, 1.82) is 0 Å². The van der Waals surface area contributed by atoms with Crippen LogP contribution in [-0.2, 0) is 0 Å². The summed E-state index contributed by atoms with van der Waals surface area (Å²) in [6.45, 7) is 0. The quantitative estimate of drug-likeness (QED) is 0.424. The molecule has 0 fully saturated rings.